The molecule has 0 radical (unpaired) electrons. The van der Waals surface area contributed by atoms with Gasteiger partial charge in [-0.3, -0.25) is 9.59 Å². The molecule has 3 atom stereocenters. The summed E-state index contributed by atoms with van der Waals surface area (Å²) >= 11 is 1.90. The van der Waals surface area contributed by atoms with Crippen LogP contribution in [0.5, 0.6) is 0 Å². The number of hydrogen-bond acceptors (Lipinski definition) is 6. The lowest BCUT2D eigenvalue weighted by Gasteiger charge is -2.16. The minimum absolute atomic E-state index is 0.136. The van der Waals surface area contributed by atoms with Crippen LogP contribution in [0.4, 0.5) is 0 Å². The highest BCUT2D eigenvalue weighted by Gasteiger charge is 2.42. The Kier molecular flexibility index (Phi) is 7.88. The van der Waals surface area contributed by atoms with Gasteiger partial charge in [-0.1, -0.05) is 19.3 Å². The molecule has 0 bridgehead atoms. The molecule has 1 unspecified atom stereocenters. The van der Waals surface area contributed by atoms with Crippen LogP contribution in [0.2, 0.25) is 0 Å². The van der Waals surface area contributed by atoms with Crippen molar-refractivity contribution >= 4 is 29.5 Å². The number of carboxylic acids is 1. The van der Waals surface area contributed by atoms with E-state index in [0.717, 1.165) is 44.3 Å². The number of amidine groups is 1. The van der Waals surface area contributed by atoms with Crippen molar-refractivity contribution in [2.24, 2.45) is 10.7 Å². The highest BCUT2D eigenvalue weighted by atomic mass is 32.2. The first-order chi connectivity index (χ1) is 11.6. The Hall–Kier alpha value is -1.24. The largest absolute Gasteiger partial charge is 0.481 e. The van der Waals surface area contributed by atoms with Crippen LogP contribution in [0.3, 0.4) is 0 Å². The number of unbranched alkanes of at least 4 members (excludes halogenated alkanes) is 4. The normalized spacial score (nSPS) is 25.2. The van der Waals surface area contributed by atoms with Gasteiger partial charge < -0.3 is 15.6 Å². The van der Waals surface area contributed by atoms with Crippen molar-refractivity contribution < 1.29 is 19.4 Å². The minimum atomic E-state index is -0.741. The van der Waals surface area contributed by atoms with Gasteiger partial charge >= 0.3 is 5.97 Å². The molecule has 136 valence electrons. The summed E-state index contributed by atoms with van der Waals surface area (Å²) in [5, 5.41) is 8.99. The quantitative estimate of drug-likeness (QED) is 0.521. The second-order valence-electron chi connectivity index (χ2n) is 6.58. The Labute approximate surface area is 147 Å². The van der Waals surface area contributed by atoms with E-state index in [2.05, 4.69) is 4.99 Å². The van der Waals surface area contributed by atoms with Gasteiger partial charge in [-0.15, -0.1) is 0 Å². The number of nitrogens with zero attached hydrogens (tertiary/aromatic N) is 1. The zero-order valence-electron chi connectivity index (χ0n) is 14.1. The first-order valence-electron chi connectivity index (χ1n) is 8.91. The van der Waals surface area contributed by atoms with Crippen LogP contribution < -0.4 is 5.73 Å². The van der Waals surface area contributed by atoms with Gasteiger partial charge in [0.1, 0.15) is 17.9 Å². The fraction of sp³-hybridized carbons (Fsp3) is 0.824. The van der Waals surface area contributed by atoms with Gasteiger partial charge in [0.2, 0.25) is 0 Å². The van der Waals surface area contributed by atoms with E-state index in [1.165, 1.54) is 0 Å². The van der Waals surface area contributed by atoms with Crippen LogP contribution in [0, 0.1) is 0 Å². The Balaban J connectivity index is 1.45. The van der Waals surface area contributed by atoms with Gasteiger partial charge in [0.15, 0.2) is 0 Å². The number of carbonyl (C=O) groups is 2. The zero-order chi connectivity index (χ0) is 17.4. The van der Waals surface area contributed by atoms with E-state index < -0.39 is 5.97 Å². The molecule has 0 amide bonds. The minimum Gasteiger partial charge on any atom is -0.481 e. The first kappa shape index (κ1) is 19.1. The highest BCUT2D eigenvalue weighted by molar-refractivity contribution is 8.00. The molecule has 0 aliphatic carbocycles. The molecule has 7 heteroatoms. The van der Waals surface area contributed by atoms with E-state index in [4.69, 9.17) is 15.6 Å². The number of nitrogens with two attached hydrogens (primary N) is 1. The number of aliphatic carboxylic acids is 1. The number of thioether (sulfide) groups is 1. The fourth-order valence-electron chi connectivity index (χ4n) is 3.25. The predicted molar refractivity (Wildman–Crippen MR) is 95.3 cm³/mol. The molecule has 24 heavy (non-hydrogen) atoms. The third-order valence-electron chi connectivity index (χ3n) is 4.57. The maximum absolute atomic E-state index is 11.8. The lowest BCUT2D eigenvalue weighted by Crippen LogP contribution is -2.28. The van der Waals surface area contributed by atoms with E-state index in [1.54, 1.807) is 0 Å². The molecule has 0 spiro atoms. The Morgan fingerprint density at radius 3 is 2.50 bits per heavy atom. The number of ketones is 1. The summed E-state index contributed by atoms with van der Waals surface area (Å²) in [5.74, 6) is 0.571. The summed E-state index contributed by atoms with van der Waals surface area (Å²) in [5.41, 5.74) is 5.62. The van der Waals surface area contributed by atoms with E-state index in [1.807, 2.05) is 11.8 Å². The summed E-state index contributed by atoms with van der Waals surface area (Å²) in [6.45, 7) is 0. The average Bonchev–Trinajstić information content (AvgIpc) is 3.06. The van der Waals surface area contributed by atoms with Crippen LogP contribution in [-0.2, 0) is 14.3 Å². The number of carboxylic acid groups (broad SMARTS) is 1. The van der Waals surface area contributed by atoms with Crippen molar-refractivity contribution in [3.05, 3.63) is 0 Å². The summed E-state index contributed by atoms with van der Waals surface area (Å²) < 4.78 is 5.58. The molecular weight excluding hydrogens is 328 g/mol. The van der Waals surface area contributed by atoms with E-state index in [9.17, 15) is 9.59 Å². The first-order valence-corrected chi connectivity index (χ1v) is 9.96. The van der Waals surface area contributed by atoms with Crippen LogP contribution in [0.15, 0.2) is 4.99 Å². The third-order valence-corrected chi connectivity index (χ3v) is 6.03. The number of hydrogen-bond donors (Lipinski definition) is 2. The molecule has 0 aromatic carbocycles. The van der Waals surface area contributed by atoms with E-state index in [-0.39, 0.29) is 18.6 Å². The molecule has 1 saturated heterocycles. The average molecular weight is 356 g/mol. The standard InChI is InChI=1S/C17H28N2O4S/c18-17-19-13-11-24-14(16(13)23-17)9-6-5-8-12(20)7-3-1-2-4-10-15(21)22/h13-14,16H,1-11H2,(H2,18,19)(H,21,22)/t13?,14-,16-/m0/s1. The molecule has 2 aliphatic rings. The van der Waals surface area contributed by atoms with Crippen molar-refractivity contribution in [1.82, 2.24) is 0 Å². The van der Waals surface area contributed by atoms with E-state index >= 15 is 0 Å². The number of fused-ring (bicyclic) bond motifs is 1. The zero-order valence-corrected chi connectivity index (χ0v) is 14.9. The summed E-state index contributed by atoms with van der Waals surface area (Å²) in [4.78, 5) is 26.5. The second-order valence-corrected chi connectivity index (χ2v) is 7.85. The molecule has 0 saturated carbocycles. The molecule has 0 aromatic rings. The monoisotopic (exact) mass is 356 g/mol. The Morgan fingerprint density at radius 2 is 1.79 bits per heavy atom. The van der Waals surface area contributed by atoms with Gasteiger partial charge in [0.25, 0.3) is 6.02 Å². The van der Waals surface area contributed by atoms with Crippen molar-refractivity contribution in [1.29, 1.82) is 0 Å². The number of Topliss-reactive ketones (excluding diaryl/α,β-unsaturated/α-hetero) is 1. The SMILES string of the molecule is NC1=NC2CS[C@@H](CCCCC(=O)CCCCCCC(=O)O)[C@H]2O1. The molecule has 2 rings (SSSR count). The van der Waals surface area contributed by atoms with Crippen LogP contribution in [0.1, 0.15) is 64.2 Å². The van der Waals surface area contributed by atoms with E-state index in [0.29, 0.717) is 36.3 Å². The smallest absolute Gasteiger partial charge is 0.303 e. The lowest BCUT2D eigenvalue weighted by molar-refractivity contribution is -0.137. The Bertz CT molecular complexity index is 470. The summed E-state index contributed by atoms with van der Waals surface area (Å²) in [6, 6.07) is 0.552. The van der Waals surface area contributed by atoms with Crippen molar-refractivity contribution in [2.75, 3.05) is 5.75 Å². The summed E-state index contributed by atoms with van der Waals surface area (Å²) in [6.07, 6.45) is 8.10. The van der Waals surface area contributed by atoms with Gasteiger partial charge in [-0.05, 0) is 25.7 Å². The molecule has 6 nitrogen and oxygen atoms in total. The predicted octanol–water partition coefficient (Wildman–Crippen LogP) is 2.74. The topological polar surface area (TPSA) is 102 Å². The van der Waals surface area contributed by atoms with Crippen molar-refractivity contribution in [3.63, 3.8) is 0 Å². The van der Waals surface area contributed by atoms with Crippen LogP contribution in [0.25, 0.3) is 0 Å². The number of ether oxygens (including phenoxy) is 1. The van der Waals surface area contributed by atoms with Crippen LogP contribution >= 0.6 is 11.8 Å². The van der Waals surface area contributed by atoms with Crippen molar-refractivity contribution in [3.8, 4) is 0 Å². The lowest BCUT2D eigenvalue weighted by atomic mass is 10.0. The highest BCUT2D eigenvalue weighted by Crippen LogP contribution is 2.37. The number of rotatable bonds is 12. The number of carbonyl (C=O) groups excluding carboxylic acids is 1. The maximum atomic E-state index is 11.8. The molecule has 2 heterocycles. The molecule has 3 N–H and O–H groups in total. The molecule has 0 aromatic heterocycles. The Morgan fingerprint density at radius 1 is 1.12 bits per heavy atom. The molecular formula is C17H28N2O4S. The second kappa shape index (κ2) is 9.91. The van der Waals surface area contributed by atoms with Crippen molar-refractivity contribution in [2.45, 2.75) is 81.6 Å². The summed E-state index contributed by atoms with van der Waals surface area (Å²) in [7, 11) is 0. The van der Waals surface area contributed by atoms with Gasteiger partial charge in [0, 0.05) is 30.3 Å². The molecule has 2 aliphatic heterocycles. The van der Waals surface area contributed by atoms with Gasteiger partial charge in [-0.25, -0.2) is 4.99 Å². The molecule has 1 fully saturated rings. The maximum Gasteiger partial charge on any atom is 0.303 e. The van der Waals surface area contributed by atoms with Gasteiger partial charge in [-0.2, -0.15) is 11.8 Å². The van der Waals surface area contributed by atoms with Crippen LogP contribution in [-0.4, -0.2) is 46.0 Å². The number of aliphatic imine (C=N–C) groups is 1. The third kappa shape index (κ3) is 6.34. The van der Waals surface area contributed by atoms with Gasteiger partial charge in [0.05, 0.1) is 0 Å². The fourth-order valence-corrected chi connectivity index (χ4v) is 4.72.